The van der Waals surface area contributed by atoms with E-state index in [1.807, 2.05) is 66.8 Å². The number of benzene rings is 2. The van der Waals surface area contributed by atoms with Crippen molar-refractivity contribution < 1.29 is 14.0 Å². The number of hydrogen-bond donors (Lipinski definition) is 1. The van der Waals surface area contributed by atoms with Gasteiger partial charge in [0, 0.05) is 17.4 Å². The van der Waals surface area contributed by atoms with E-state index in [0.717, 1.165) is 34.1 Å². The van der Waals surface area contributed by atoms with Crippen molar-refractivity contribution in [2.45, 2.75) is 0 Å². The van der Waals surface area contributed by atoms with Crippen molar-refractivity contribution in [1.82, 2.24) is 5.10 Å². The van der Waals surface area contributed by atoms with Crippen molar-refractivity contribution >= 4 is 5.69 Å². The van der Waals surface area contributed by atoms with Crippen LogP contribution in [0, 0.1) is 0 Å². The third-order valence-corrected chi connectivity index (χ3v) is 4.06. The van der Waals surface area contributed by atoms with Crippen LogP contribution in [0.25, 0.3) is 22.6 Å². The minimum atomic E-state index is 0.847. The van der Waals surface area contributed by atoms with Gasteiger partial charge in [0.05, 0.1) is 25.3 Å². The molecule has 0 bridgehead atoms. The Balaban J connectivity index is 2.01. The van der Waals surface area contributed by atoms with Crippen molar-refractivity contribution in [3.63, 3.8) is 0 Å². The molecule has 1 heterocycles. The number of nitrogens with zero attached hydrogens (tertiary/aromatic N) is 3. The second kappa shape index (κ2) is 6.66. The second-order valence-corrected chi connectivity index (χ2v) is 5.63. The lowest BCUT2D eigenvalue weighted by atomic mass is 10.1. The number of rotatable bonds is 4. The van der Waals surface area contributed by atoms with Gasteiger partial charge in [0.2, 0.25) is 5.10 Å². The molecule has 0 saturated carbocycles. The molecule has 1 N–H and O–H groups in total. The molecule has 122 valence electrons. The van der Waals surface area contributed by atoms with Crippen LogP contribution in [0.2, 0.25) is 0 Å². The highest BCUT2D eigenvalue weighted by molar-refractivity contribution is 5.58. The van der Waals surface area contributed by atoms with Crippen molar-refractivity contribution in [1.29, 1.82) is 0 Å². The molecule has 0 unspecified atom stereocenters. The van der Waals surface area contributed by atoms with Crippen molar-refractivity contribution in [3.05, 3.63) is 54.7 Å². The molecule has 0 fully saturated rings. The first kappa shape index (κ1) is 15.9. The number of aromatic nitrogens is 3. The predicted octanol–water partition coefficient (Wildman–Crippen LogP) is 2.11. The second-order valence-electron chi connectivity index (χ2n) is 5.63. The van der Waals surface area contributed by atoms with E-state index in [4.69, 9.17) is 9.84 Å². The average molecular weight is 322 g/mol. The SMILES string of the molecule is CNc1ccc(-c2n[n+](C)c(-c3ccc(OC)cc3)c[n+]2C)cc1. The number of anilines is 1. The Bertz CT molecular complexity index is 769. The number of aryl methyl sites for hydroxylation is 2. The Labute approximate surface area is 142 Å². The first-order valence-electron chi connectivity index (χ1n) is 7.82. The topological polar surface area (TPSA) is 41.9 Å². The fourth-order valence-corrected chi connectivity index (χ4v) is 2.67. The third kappa shape index (κ3) is 3.06. The summed E-state index contributed by atoms with van der Waals surface area (Å²) < 4.78 is 9.18. The van der Waals surface area contributed by atoms with Gasteiger partial charge in [0.1, 0.15) is 5.75 Å². The van der Waals surface area contributed by atoms with E-state index >= 15 is 0 Å². The number of nitrogens with one attached hydrogen (secondary N) is 1. The fourth-order valence-electron chi connectivity index (χ4n) is 2.67. The van der Waals surface area contributed by atoms with Crippen LogP contribution in [0.15, 0.2) is 54.7 Å². The summed E-state index contributed by atoms with van der Waals surface area (Å²) in [5.74, 6) is 1.76. The Morgan fingerprint density at radius 3 is 2.12 bits per heavy atom. The lowest BCUT2D eigenvalue weighted by molar-refractivity contribution is -0.757. The normalized spacial score (nSPS) is 10.5. The summed E-state index contributed by atoms with van der Waals surface area (Å²) in [6.45, 7) is 0. The van der Waals surface area contributed by atoms with E-state index in [2.05, 4.69) is 23.6 Å². The van der Waals surface area contributed by atoms with Gasteiger partial charge in [0.15, 0.2) is 13.2 Å². The third-order valence-electron chi connectivity index (χ3n) is 4.06. The molecule has 0 aliphatic carbocycles. The van der Waals surface area contributed by atoms with Crippen LogP contribution in [0.1, 0.15) is 0 Å². The van der Waals surface area contributed by atoms with Crippen molar-refractivity contribution in [2.24, 2.45) is 14.1 Å². The van der Waals surface area contributed by atoms with Crippen LogP contribution in [0.5, 0.6) is 5.75 Å². The minimum absolute atomic E-state index is 0.847. The van der Waals surface area contributed by atoms with Gasteiger partial charge in [-0.25, -0.2) is 4.57 Å². The average Bonchev–Trinajstić information content (AvgIpc) is 2.63. The summed E-state index contributed by atoms with van der Waals surface area (Å²) in [5.41, 5.74) is 4.29. The van der Waals surface area contributed by atoms with Gasteiger partial charge in [0.25, 0.3) is 5.69 Å². The summed E-state index contributed by atoms with van der Waals surface area (Å²) >= 11 is 0. The Morgan fingerprint density at radius 1 is 0.917 bits per heavy atom. The van der Waals surface area contributed by atoms with Crippen LogP contribution < -0.4 is 19.3 Å². The molecule has 3 aromatic rings. The van der Waals surface area contributed by atoms with Crippen molar-refractivity contribution in [3.8, 4) is 28.4 Å². The van der Waals surface area contributed by atoms with Gasteiger partial charge >= 0.3 is 5.82 Å². The molecule has 0 amide bonds. The van der Waals surface area contributed by atoms with E-state index in [1.165, 1.54) is 0 Å². The molecule has 5 nitrogen and oxygen atoms in total. The maximum absolute atomic E-state index is 5.22. The van der Waals surface area contributed by atoms with E-state index in [9.17, 15) is 0 Å². The maximum Gasteiger partial charge on any atom is 0.403 e. The Kier molecular flexibility index (Phi) is 4.42. The monoisotopic (exact) mass is 322 g/mol. The van der Waals surface area contributed by atoms with Crippen LogP contribution in [0.4, 0.5) is 5.69 Å². The quantitative estimate of drug-likeness (QED) is 0.748. The summed E-state index contributed by atoms with van der Waals surface area (Å²) in [5, 5.41) is 7.87. The van der Waals surface area contributed by atoms with Crippen LogP contribution in [0.3, 0.4) is 0 Å². The zero-order valence-corrected chi connectivity index (χ0v) is 14.4. The molecular formula is C19H22N4O+2. The van der Waals surface area contributed by atoms with Crippen LogP contribution >= 0.6 is 0 Å². The van der Waals surface area contributed by atoms with E-state index in [0.29, 0.717) is 0 Å². The number of hydrogen-bond acceptors (Lipinski definition) is 3. The van der Waals surface area contributed by atoms with Crippen LogP contribution in [-0.4, -0.2) is 19.3 Å². The summed E-state index contributed by atoms with van der Waals surface area (Å²) in [4.78, 5) is 0. The van der Waals surface area contributed by atoms with E-state index < -0.39 is 0 Å². The van der Waals surface area contributed by atoms with Gasteiger partial charge in [-0.2, -0.15) is 0 Å². The van der Waals surface area contributed by atoms with E-state index in [-0.39, 0.29) is 0 Å². The Hall–Kier alpha value is -2.95. The van der Waals surface area contributed by atoms with E-state index in [1.54, 1.807) is 7.11 Å². The molecule has 0 saturated heterocycles. The Morgan fingerprint density at radius 2 is 1.54 bits per heavy atom. The predicted molar refractivity (Wildman–Crippen MR) is 93.6 cm³/mol. The summed E-state index contributed by atoms with van der Waals surface area (Å²) in [7, 11) is 7.56. The van der Waals surface area contributed by atoms with Gasteiger partial charge < -0.3 is 10.1 Å². The first-order valence-corrected chi connectivity index (χ1v) is 7.82. The smallest absolute Gasteiger partial charge is 0.403 e. The highest BCUT2D eigenvalue weighted by Gasteiger charge is 2.25. The summed E-state index contributed by atoms with van der Waals surface area (Å²) in [6, 6.07) is 16.2. The highest BCUT2D eigenvalue weighted by Crippen LogP contribution is 2.20. The number of methoxy groups -OCH3 is 1. The zero-order valence-electron chi connectivity index (χ0n) is 14.4. The lowest BCUT2D eigenvalue weighted by Crippen LogP contribution is -2.45. The highest BCUT2D eigenvalue weighted by atomic mass is 16.5. The first-order chi connectivity index (χ1) is 11.6. The molecule has 2 aromatic carbocycles. The van der Waals surface area contributed by atoms with Gasteiger partial charge in [-0.3, -0.25) is 0 Å². The molecule has 3 rings (SSSR count). The van der Waals surface area contributed by atoms with Gasteiger partial charge in [-0.1, -0.05) is 0 Å². The molecule has 24 heavy (non-hydrogen) atoms. The molecule has 0 aliphatic heterocycles. The standard InChI is InChI=1S/C19H21N4O/c1-20-16-9-5-15(6-10-16)19-21-23(3)18(13-22(19)2)14-7-11-17(24-4)12-8-14/h5-13H,1-4H3/q+1/p+1. The fraction of sp³-hybridized carbons (Fsp3) is 0.211. The molecule has 5 heteroatoms. The lowest BCUT2D eigenvalue weighted by Gasteiger charge is -2.03. The van der Waals surface area contributed by atoms with Crippen molar-refractivity contribution in [2.75, 3.05) is 19.5 Å². The molecule has 0 atom stereocenters. The molecule has 0 spiro atoms. The maximum atomic E-state index is 5.22. The summed E-state index contributed by atoms with van der Waals surface area (Å²) in [6.07, 6.45) is 2.09. The van der Waals surface area contributed by atoms with Gasteiger partial charge in [-0.15, -0.1) is 0 Å². The minimum Gasteiger partial charge on any atom is -0.497 e. The van der Waals surface area contributed by atoms with Gasteiger partial charge in [-0.05, 0) is 48.5 Å². The molecular weight excluding hydrogens is 300 g/mol. The zero-order chi connectivity index (χ0) is 17.1. The number of ether oxygens (including phenoxy) is 1. The van der Waals surface area contributed by atoms with Crippen LogP contribution in [-0.2, 0) is 14.1 Å². The molecule has 0 aliphatic rings. The molecule has 1 aromatic heterocycles. The largest absolute Gasteiger partial charge is 0.497 e. The molecule has 0 radical (unpaired) electrons.